The number of amides is 3. The lowest BCUT2D eigenvalue weighted by molar-refractivity contribution is -0.148. The zero-order valence-electron chi connectivity index (χ0n) is 38.0. The Hall–Kier alpha value is -7.45. The molecule has 2 heterocycles. The Morgan fingerprint density at radius 3 is 1.72 bits per heavy atom. The number of fused-ring (bicyclic) bond motifs is 1. The minimum atomic E-state index is -2.50. The zero-order chi connectivity index (χ0) is 54.1. The highest BCUT2D eigenvalue weighted by Crippen LogP contribution is 2.22. The highest BCUT2D eigenvalue weighted by atomic mass is 16.4. The molecule has 18 N–H and O–H groups in total. The fourth-order valence-electron chi connectivity index (χ4n) is 6.83. The van der Waals surface area contributed by atoms with E-state index in [1.165, 1.54) is 30.5 Å². The standard InChI is InChI=1S/C42H55N9O21/c1-16(54)24(10-29(59)60)48-39(69)22(33(64)35(66)28(58)15-53)9-26(56)25(11-30(61)62)49-38(68)21(32(63)34(65)27(57)14-52)8-20(55)6-7-23(41(71)72)47-37(67)17-2-4-18(5-3-17)44-12-19-13-45-36-31(46-19)40(70)51-42(43)50-36/h2-5,13,21-25,27-28,32-35,44,52-53,57-58,63-66H,6-12,14-15H2,1H3,(H,47,67)(H,48,69)(H,49,68)(H,59,60)(H,61,62)(H,71,72)(H3,43,45,50,51,70)/t21-,22-,23-,24-,25-,27+,28+,32+,33+,34+,35+/m0/s1. The van der Waals surface area contributed by atoms with Crippen LogP contribution in [-0.4, -0.2) is 197 Å². The van der Waals surface area contributed by atoms with Crippen molar-refractivity contribution >= 4 is 75.8 Å². The molecule has 11 atom stereocenters. The van der Waals surface area contributed by atoms with Crippen molar-refractivity contribution in [3.8, 4) is 0 Å². The molecule has 3 rings (SSSR count). The SMILES string of the molecule is CC(=O)[C@H](CC(=O)O)NC(=O)[C@@H](CC(=O)[C@H](CC(=O)O)NC(=O)[C@@H](CC(=O)CC[C@H](NC(=O)c1ccc(NCc2cnc3nc(N)[nH]c(=O)c3n2)cc1)C(=O)O)[C@@H](O)[C@H](O)[C@H](O)CO)[C@@H](O)[C@H](O)[C@H](O)CO. The van der Waals surface area contributed by atoms with E-state index in [9.17, 15) is 104 Å². The molecule has 0 aliphatic carbocycles. The normalized spacial score (nSPS) is 16.0. The Bertz CT molecular complexity index is 2510. The van der Waals surface area contributed by atoms with Crippen LogP contribution >= 0.6 is 0 Å². The molecule has 0 aliphatic heterocycles. The first-order chi connectivity index (χ1) is 33.8. The maximum absolute atomic E-state index is 13.8. The van der Waals surface area contributed by atoms with Gasteiger partial charge in [0.15, 0.2) is 22.7 Å². The maximum atomic E-state index is 13.8. The van der Waals surface area contributed by atoms with Gasteiger partial charge in [-0.3, -0.25) is 48.1 Å². The molecule has 1 aromatic carbocycles. The summed E-state index contributed by atoms with van der Waals surface area (Å²) in [6, 6.07) is -0.257. The van der Waals surface area contributed by atoms with E-state index in [0.717, 1.165) is 6.92 Å². The van der Waals surface area contributed by atoms with Crippen LogP contribution in [0.2, 0.25) is 0 Å². The maximum Gasteiger partial charge on any atom is 0.326 e. The Morgan fingerprint density at radius 2 is 1.21 bits per heavy atom. The predicted octanol–water partition coefficient (Wildman–Crippen LogP) is -6.32. The second-order valence-corrected chi connectivity index (χ2v) is 16.3. The summed E-state index contributed by atoms with van der Waals surface area (Å²) in [5, 5.41) is 119. The highest BCUT2D eigenvalue weighted by Gasteiger charge is 2.42. The number of H-pyrrole nitrogens is 1. The monoisotopic (exact) mass is 1020 g/mol. The van der Waals surface area contributed by atoms with E-state index in [1.54, 1.807) is 0 Å². The summed E-state index contributed by atoms with van der Waals surface area (Å²) in [5.74, 6) is -17.1. The van der Waals surface area contributed by atoms with Crippen LogP contribution in [0.1, 0.15) is 61.5 Å². The Kier molecular flexibility index (Phi) is 22.3. The van der Waals surface area contributed by atoms with Gasteiger partial charge in [-0.05, 0) is 37.6 Å². The first kappa shape index (κ1) is 58.9. The van der Waals surface area contributed by atoms with Gasteiger partial charge in [-0.25, -0.2) is 14.8 Å². The topological polar surface area (TPSA) is 522 Å². The molecule has 2 aromatic heterocycles. The van der Waals surface area contributed by atoms with Gasteiger partial charge < -0.3 is 83.2 Å². The summed E-state index contributed by atoms with van der Waals surface area (Å²) in [7, 11) is 0. The molecule has 30 heteroatoms. The van der Waals surface area contributed by atoms with Crippen molar-refractivity contribution in [2.75, 3.05) is 24.3 Å². The number of nitrogens with one attached hydrogen (secondary N) is 5. The van der Waals surface area contributed by atoms with Gasteiger partial charge in [-0.2, -0.15) is 4.98 Å². The third kappa shape index (κ3) is 17.1. The Labute approximate surface area is 405 Å². The number of anilines is 2. The van der Waals surface area contributed by atoms with Crippen molar-refractivity contribution < 1.29 is 99.3 Å². The van der Waals surface area contributed by atoms with E-state index in [1.807, 2.05) is 10.6 Å². The van der Waals surface area contributed by atoms with Crippen molar-refractivity contribution in [3.63, 3.8) is 0 Å². The number of Topliss-reactive ketones (excluding diaryl/α,β-unsaturated/α-hetero) is 3. The molecular formula is C42H55N9O21. The summed E-state index contributed by atoms with van der Waals surface area (Å²) < 4.78 is 0. The molecule has 0 saturated carbocycles. The van der Waals surface area contributed by atoms with Crippen LogP contribution in [0.3, 0.4) is 0 Å². The molecule has 394 valence electrons. The van der Waals surface area contributed by atoms with E-state index in [4.69, 9.17) is 5.73 Å². The number of aliphatic carboxylic acids is 3. The quantitative estimate of drug-likeness (QED) is 0.0285. The smallest absolute Gasteiger partial charge is 0.326 e. The molecule has 0 fully saturated rings. The van der Waals surface area contributed by atoms with Crippen molar-refractivity contribution in [1.29, 1.82) is 0 Å². The lowest BCUT2D eigenvalue weighted by Crippen LogP contribution is -2.54. The van der Waals surface area contributed by atoms with Crippen molar-refractivity contribution in [1.82, 2.24) is 35.9 Å². The van der Waals surface area contributed by atoms with Crippen LogP contribution in [0, 0.1) is 11.8 Å². The number of carboxylic acid groups (broad SMARTS) is 3. The number of hydrogen-bond acceptors (Lipinski definition) is 23. The van der Waals surface area contributed by atoms with Crippen LogP contribution < -0.4 is 32.6 Å². The molecule has 30 nitrogen and oxygen atoms in total. The second-order valence-electron chi connectivity index (χ2n) is 16.3. The van der Waals surface area contributed by atoms with Gasteiger partial charge in [0.2, 0.25) is 17.8 Å². The van der Waals surface area contributed by atoms with E-state index in [0.29, 0.717) is 11.4 Å². The number of benzene rings is 1. The summed E-state index contributed by atoms with van der Waals surface area (Å²) >= 11 is 0. The molecule has 3 aromatic rings. The number of rotatable bonds is 31. The van der Waals surface area contributed by atoms with Gasteiger partial charge in [0, 0.05) is 30.5 Å². The molecular weight excluding hydrogens is 967 g/mol. The number of aromatic nitrogens is 4. The van der Waals surface area contributed by atoms with Crippen molar-refractivity contribution in [2.24, 2.45) is 11.8 Å². The van der Waals surface area contributed by atoms with Crippen molar-refractivity contribution in [2.45, 2.75) is 107 Å². The van der Waals surface area contributed by atoms with Crippen LogP contribution in [0.25, 0.3) is 11.2 Å². The molecule has 0 radical (unpaired) electrons. The zero-order valence-corrected chi connectivity index (χ0v) is 38.0. The fourth-order valence-corrected chi connectivity index (χ4v) is 6.83. The number of hydrogen-bond donors (Lipinski definition) is 17. The number of aliphatic hydroxyl groups excluding tert-OH is 8. The fraction of sp³-hybridized carbons (Fsp3) is 0.500. The third-order valence-electron chi connectivity index (χ3n) is 10.9. The summed E-state index contributed by atoms with van der Waals surface area (Å²) in [6.07, 6.45) is -19.0. The molecule has 0 saturated heterocycles. The Balaban J connectivity index is 1.78. The number of nitrogen functional groups attached to an aromatic ring is 1. The van der Waals surface area contributed by atoms with E-state index < -0.39 is 177 Å². The van der Waals surface area contributed by atoms with Gasteiger partial charge in [-0.15, -0.1) is 0 Å². The average Bonchev–Trinajstić information content (AvgIpc) is 3.32. The molecule has 0 bridgehead atoms. The van der Waals surface area contributed by atoms with Gasteiger partial charge in [-0.1, -0.05) is 0 Å². The lowest BCUT2D eigenvalue weighted by atomic mass is 9.86. The minimum Gasteiger partial charge on any atom is -0.481 e. The third-order valence-corrected chi connectivity index (χ3v) is 10.9. The predicted molar refractivity (Wildman–Crippen MR) is 240 cm³/mol. The number of carboxylic acids is 3. The number of nitrogens with zero attached hydrogens (tertiary/aromatic N) is 3. The van der Waals surface area contributed by atoms with E-state index >= 15 is 0 Å². The first-order valence-electron chi connectivity index (χ1n) is 21.6. The highest BCUT2D eigenvalue weighted by molar-refractivity contribution is 5.98. The number of aromatic amines is 1. The van der Waals surface area contributed by atoms with Gasteiger partial charge in [0.25, 0.3) is 11.5 Å². The van der Waals surface area contributed by atoms with Gasteiger partial charge >= 0.3 is 17.9 Å². The molecule has 72 heavy (non-hydrogen) atoms. The van der Waals surface area contributed by atoms with Crippen LogP contribution in [0.5, 0.6) is 0 Å². The van der Waals surface area contributed by atoms with Crippen LogP contribution in [0.4, 0.5) is 11.6 Å². The second kappa shape index (κ2) is 27.2. The average molecular weight is 1020 g/mol. The summed E-state index contributed by atoms with van der Waals surface area (Å²) in [5.41, 5.74) is 5.63. The first-order valence-corrected chi connectivity index (χ1v) is 21.6. The molecule has 0 aliphatic rings. The van der Waals surface area contributed by atoms with Crippen LogP contribution in [0.15, 0.2) is 35.3 Å². The van der Waals surface area contributed by atoms with Gasteiger partial charge in [0.05, 0.1) is 80.6 Å². The largest absolute Gasteiger partial charge is 0.481 e. The molecule has 0 unspecified atom stereocenters. The number of nitrogens with two attached hydrogens (primary N) is 1. The lowest BCUT2D eigenvalue weighted by Gasteiger charge is -2.31. The van der Waals surface area contributed by atoms with Gasteiger partial charge in [0.1, 0.15) is 36.2 Å². The number of aliphatic hydroxyl groups is 8. The summed E-state index contributed by atoms with van der Waals surface area (Å²) in [4.78, 5) is 141. The molecule has 0 spiro atoms. The summed E-state index contributed by atoms with van der Waals surface area (Å²) in [6.45, 7) is -1.48. The van der Waals surface area contributed by atoms with Crippen LogP contribution in [-0.2, 0) is 44.9 Å². The number of carbonyl (C=O) groups excluding carboxylic acids is 6. The van der Waals surface area contributed by atoms with E-state index in [2.05, 4.69) is 30.6 Å². The number of ketones is 3. The minimum absolute atomic E-state index is 0.0269. The molecule has 3 amide bonds. The van der Waals surface area contributed by atoms with E-state index in [-0.39, 0.29) is 29.2 Å². The number of carbonyl (C=O) groups is 9. The van der Waals surface area contributed by atoms with Crippen molar-refractivity contribution in [3.05, 3.63) is 52.1 Å². The Morgan fingerprint density at radius 1 is 0.681 bits per heavy atom.